The van der Waals surface area contributed by atoms with Gasteiger partial charge in [-0.05, 0) is 31.7 Å². The second kappa shape index (κ2) is 10.1. The first kappa shape index (κ1) is 14.0. The highest BCUT2D eigenvalue weighted by Gasteiger charge is 2.20. The number of nitrogens with one attached hydrogen (secondary N) is 1. The first-order valence-electron chi connectivity index (χ1n) is 7.22. The maximum absolute atomic E-state index is 5.55. The summed E-state index contributed by atoms with van der Waals surface area (Å²) >= 11 is 0. The summed E-state index contributed by atoms with van der Waals surface area (Å²) in [6, 6.07) is 0. The zero-order chi connectivity index (χ0) is 11.5. The van der Waals surface area contributed by atoms with Gasteiger partial charge >= 0.3 is 0 Å². The predicted molar refractivity (Wildman–Crippen MR) is 69.8 cm³/mol. The molecule has 0 spiro atoms. The molecule has 16 heavy (non-hydrogen) atoms. The predicted octanol–water partition coefficient (Wildman–Crippen LogP) is 3.36. The van der Waals surface area contributed by atoms with Crippen LogP contribution in [0.3, 0.4) is 0 Å². The van der Waals surface area contributed by atoms with Gasteiger partial charge in [-0.2, -0.15) is 0 Å². The summed E-state index contributed by atoms with van der Waals surface area (Å²) in [5.74, 6) is 0.901. The molecule has 1 aliphatic carbocycles. The Morgan fingerprint density at radius 1 is 1.00 bits per heavy atom. The van der Waals surface area contributed by atoms with Gasteiger partial charge in [-0.3, -0.25) is 0 Å². The molecule has 2 nitrogen and oxygen atoms in total. The third-order valence-corrected chi connectivity index (χ3v) is 3.18. The van der Waals surface area contributed by atoms with E-state index < -0.39 is 0 Å². The van der Waals surface area contributed by atoms with Crippen molar-refractivity contribution in [1.82, 2.24) is 5.32 Å². The quantitative estimate of drug-likeness (QED) is 0.516. The monoisotopic (exact) mass is 227 g/mol. The highest BCUT2D eigenvalue weighted by molar-refractivity contribution is 4.71. The molecule has 0 aliphatic heterocycles. The van der Waals surface area contributed by atoms with Crippen LogP contribution in [0.2, 0.25) is 0 Å². The Bertz CT molecular complexity index is 146. The van der Waals surface area contributed by atoms with E-state index in [4.69, 9.17) is 4.74 Å². The van der Waals surface area contributed by atoms with Crippen molar-refractivity contribution in [2.75, 3.05) is 26.3 Å². The van der Waals surface area contributed by atoms with E-state index in [1.54, 1.807) is 0 Å². The Hall–Kier alpha value is -0.0800. The van der Waals surface area contributed by atoms with Gasteiger partial charge in [-0.15, -0.1) is 0 Å². The van der Waals surface area contributed by atoms with Crippen molar-refractivity contribution in [2.24, 2.45) is 5.92 Å². The van der Waals surface area contributed by atoms with Crippen LogP contribution in [0.5, 0.6) is 0 Å². The molecule has 2 heteroatoms. The van der Waals surface area contributed by atoms with Crippen LogP contribution >= 0.6 is 0 Å². The van der Waals surface area contributed by atoms with E-state index in [1.165, 1.54) is 57.9 Å². The number of rotatable bonds is 12. The van der Waals surface area contributed by atoms with Crippen LogP contribution in [0.25, 0.3) is 0 Å². The zero-order valence-corrected chi connectivity index (χ0v) is 11.0. The molecule has 1 fully saturated rings. The van der Waals surface area contributed by atoms with E-state index >= 15 is 0 Å². The van der Waals surface area contributed by atoms with Crippen LogP contribution in [0.4, 0.5) is 0 Å². The normalized spacial score (nSPS) is 15.6. The van der Waals surface area contributed by atoms with Crippen LogP contribution < -0.4 is 5.32 Å². The first-order chi connectivity index (χ1) is 7.93. The molecular weight excluding hydrogens is 198 g/mol. The van der Waals surface area contributed by atoms with Crippen molar-refractivity contribution >= 4 is 0 Å². The Morgan fingerprint density at radius 3 is 2.50 bits per heavy atom. The molecule has 0 saturated heterocycles. The van der Waals surface area contributed by atoms with Crippen LogP contribution in [0.15, 0.2) is 0 Å². The Balaban J connectivity index is 1.61. The fraction of sp³-hybridized carbons (Fsp3) is 1.00. The molecule has 0 radical (unpaired) electrons. The molecule has 0 amide bonds. The van der Waals surface area contributed by atoms with Crippen molar-refractivity contribution in [3.8, 4) is 0 Å². The van der Waals surface area contributed by atoms with Gasteiger partial charge in [0.05, 0.1) is 6.61 Å². The second-order valence-electron chi connectivity index (χ2n) is 5.04. The average Bonchev–Trinajstić information content (AvgIpc) is 3.10. The van der Waals surface area contributed by atoms with Crippen molar-refractivity contribution in [2.45, 2.75) is 58.3 Å². The highest BCUT2D eigenvalue weighted by Crippen LogP contribution is 2.28. The van der Waals surface area contributed by atoms with Crippen molar-refractivity contribution in [3.63, 3.8) is 0 Å². The lowest BCUT2D eigenvalue weighted by Crippen LogP contribution is -2.21. The van der Waals surface area contributed by atoms with Gasteiger partial charge in [-0.1, -0.05) is 39.0 Å². The van der Waals surface area contributed by atoms with E-state index in [0.717, 1.165) is 25.7 Å². The summed E-state index contributed by atoms with van der Waals surface area (Å²) in [6.45, 7) is 6.36. The smallest absolute Gasteiger partial charge is 0.0591 e. The lowest BCUT2D eigenvalue weighted by atomic mass is 10.1. The van der Waals surface area contributed by atoms with Gasteiger partial charge < -0.3 is 10.1 Å². The average molecular weight is 227 g/mol. The van der Waals surface area contributed by atoms with Crippen molar-refractivity contribution in [1.29, 1.82) is 0 Å². The molecule has 0 aromatic heterocycles. The summed E-state index contributed by atoms with van der Waals surface area (Å²) in [5.41, 5.74) is 0. The third-order valence-electron chi connectivity index (χ3n) is 3.18. The molecule has 1 N–H and O–H groups in total. The Kier molecular flexibility index (Phi) is 8.83. The summed E-state index contributed by atoms with van der Waals surface area (Å²) in [6.07, 6.45) is 11.1. The lowest BCUT2D eigenvalue weighted by Gasteiger charge is -2.05. The van der Waals surface area contributed by atoms with Gasteiger partial charge in [0, 0.05) is 13.2 Å². The molecule has 0 bridgehead atoms. The van der Waals surface area contributed by atoms with Crippen LogP contribution in [0.1, 0.15) is 58.3 Å². The van der Waals surface area contributed by atoms with Gasteiger partial charge in [0.2, 0.25) is 0 Å². The summed E-state index contributed by atoms with van der Waals surface area (Å²) in [5, 5.41) is 3.45. The number of unbranched alkanes of at least 4 members (excludes halogenated alkanes) is 5. The van der Waals surface area contributed by atoms with Crippen LogP contribution in [0, 0.1) is 5.92 Å². The van der Waals surface area contributed by atoms with Gasteiger partial charge in [-0.25, -0.2) is 0 Å². The second-order valence-corrected chi connectivity index (χ2v) is 5.04. The minimum Gasteiger partial charge on any atom is -0.380 e. The molecule has 0 aromatic carbocycles. The fourth-order valence-corrected chi connectivity index (χ4v) is 1.83. The molecule has 0 atom stereocenters. The van der Waals surface area contributed by atoms with E-state index in [1.807, 2.05) is 0 Å². The summed E-state index contributed by atoms with van der Waals surface area (Å²) in [7, 11) is 0. The van der Waals surface area contributed by atoms with Gasteiger partial charge in [0.1, 0.15) is 0 Å². The maximum atomic E-state index is 5.55. The first-order valence-corrected chi connectivity index (χ1v) is 7.22. The Labute approximate surface area is 101 Å². The number of ether oxygens (including phenoxy) is 1. The number of hydrogen-bond acceptors (Lipinski definition) is 2. The largest absolute Gasteiger partial charge is 0.380 e. The van der Waals surface area contributed by atoms with E-state index in [-0.39, 0.29) is 0 Å². The Morgan fingerprint density at radius 2 is 1.75 bits per heavy atom. The van der Waals surface area contributed by atoms with Crippen molar-refractivity contribution in [3.05, 3.63) is 0 Å². The highest BCUT2D eigenvalue weighted by atomic mass is 16.5. The fourth-order valence-electron chi connectivity index (χ4n) is 1.83. The van der Waals surface area contributed by atoms with Crippen molar-refractivity contribution < 1.29 is 4.74 Å². The molecule has 0 unspecified atom stereocenters. The maximum Gasteiger partial charge on any atom is 0.0591 e. The summed E-state index contributed by atoms with van der Waals surface area (Å²) < 4.78 is 5.55. The van der Waals surface area contributed by atoms with Crippen LogP contribution in [-0.2, 0) is 4.74 Å². The van der Waals surface area contributed by atoms with Crippen LogP contribution in [-0.4, -0.2) is 26.3 Å². The minimum absolute atomic E-state index is 0.895. The lowest BCUT2D eigenvalue weighted by molar-refractivity contribution is 0.126. The molecule has 1 rings (SSSR count). The van der Waals surface area contributed by atoms with Gasteiger partial charge in [0.15, 0.2) is 0 Å². The minimum atomic E-state index is 0.895. The van der Waals surface area contributed by atoms with E-state index in [9.17, 15) is 0 Å². The molecular formula is C14H29NO. The molecule has 0 heterocycles. The van der Waals surface area contributed by atoms with E-state index in [0.29, 0.717) is 0 Å². The standard InChI is InChI=1S/C14H29NO/c1-2-3-4-5-6-7-10-15-11-12-16-13-14-8-9-14/h14-15H,2-13H2,1H3. The van der Waals surface area contributed by atoms with Gasteiger partial charge in [0.25, 0.3) is 0 Å². The molecule has 96 valence electrons. The van der Waals surface area contributed by atoms with E-state index in [2.05, 4.69) is 12.2 Å². The number of hydrogen-bond donors (Lipinski definition) is 1. The summed E-state index contributed by atoms with van der Waals surface area (Å²) in [4.78, 5) is 0. The SMILES string of the molecule is CCCCCCCCNCCOCC1CC1. The molecule has 1 aliphatic rings. The third kappa shape index (κ3) is 9.17. The molecule has 0 aromatic rings. The topological polar surface area (TPSA) is 21.3 Å². The molecule has 1 saturated carbocycles. The zero-order valence-electron chi connectivity index (χ0n) is 11.0.